The number of carbonyl (C=O) groups is 2. The minimum atomic E-state index is -0.289. The van der Waals surface area contributed by atoms with Gasteiger partial charge in [-0.2, -0.15) is 0 Å². The molecule has 4 heterocycles. The molecule has 0 saturated carbocycles. The Morgan fingerprint density at radius 1 is 1.16 bits per heavy atom. The molecule has 0 bridgehead atoms. The zero-order chi connectivity index (χ0) is 25.8. The van der Waals surface area contributed by atoms with Gasteiger partial charge in [-0.15, -0.1) is 0 Å². The highest BCUT2D eigenvalue weighted by Crippen LogP contribution is 2.41. The van der Waals surface area contributed by atoms with E-state index in [0.717, 1.165) is 16.7 Å². The maximum Gasteiger partial charge on any atom is 0.254 e. The molecule has 3 aromatic rings. The molecule has 2 aromatic heterocycles. The van der Waals surface area contributed by atoms with Crippen LogP contribution in [0.25, 0.3) is 17.3 Å². The molecule has 2 aliphatic rings. The molecule has 1 atom stereocenters. The van der Waals surface area contributed by atoms with Crippen molar-refractivity contribution >= 4 is 35.3 Å². The Morgan fingerprint density at radius 2 is 2.00 bits per heavy atom. The number of ether oxygens (including phenoxy) is 2. The highest BCUT2D eigenvalue weighted by molar-refractivity contribution is 6.32. The van der Waals surface area contributed by atoms with Gasteiger partial charge in [0.2, 0.25) is 5.91 Å². The van der Waals surface area contributed by atoms with Crippen LogP contribution in [0.5, 0.6) is 5.75 Å². The van der Waals surface area contributed by atoms with Gasteiger partial charge in [-0.25, -0.2) is 4.98 Å². The largest absolute Gasteiger partial charge is 0.486 e. The van der Waals surface area contributed by atoms with E-state index in [1.165, 1.54) is 6.08 Å². The highest BCUT2D eigenvalue weighted by Gasteiger charge is 2.29. The third kappa shape index (κ3) is 5.73. The van der Waals surface area contributed by atoms with E-state index in [4.69, 9.17) is 26.8 Å². The number of fused-ring (bicyclic) bond motifs is 1. The van der Waals surface area contributed by atoms with E-state index in [1.807, 2.05) is 6.07 Å². The third-order valence-electron chi connectivity index (χ3n) is 6.25. The van der Waals surface area contributed by atoms with E-state index < -0.39 is 0 Å². The van der Waals surface area contributed by atoms with Gasteiger partial charge in [0, 0.05) is 54.7 Å². The van der Waals surface area contributed by atoms with Crippen molar-refractivity contribution in [3.8, 4) is 17.0 Å². The Bertz CT molecular complexity index is 1340. The van der Waals surface area contributed by atoms with Gasteiger partial charge in [0.15, 0.2) is 0 Å². The Kier molecular flexibility index (Phi) is 7.34. The number of morpholine rings is 1. The van der Waals surface area contributed by atoms with Crippen LogP contribution in [0.4, 0.5) is 5.82 Å². The standard InChI is InChI=1S/C27H26ClN5O4/c28-22-4-3-20(23-13-18(7-8-30-23)27(35)33-9-11-36-12-10-33)21-14-19(37-26(21)22)16-32-25(34)6-2-17-1-5-24(29)31-15-17/h1-8,13,15,19H,9-12,14,16H2,(H2,29,31)(H,32,34)/b6-2+. The van der Waals surface area contributed by atoms with E-state index >= 15 is 0 Å². The summed E-state index contributed by atoms with van der Waals surface area (Å²) >= 11 is 6.44. The fourth-order valence-electron chi connectivity index (χ4n) is 4.34. The number of nitrogens with zero attached hydrogens (tertiary/aromatic N) is 3. The maximum atomic E-state index is 13.0. The predicted molar refractivity (Wildman–Crippen MR) is 140 cm³/mol. The smallest absolute Gasteiger partial charge is 0.254 e. The number of amides is 2. The zero-order valence-electron chi connectivity index (χ0n) is 20.0. The molecule has 37 heavy (non-hydrogen) atoms. The molecule has 1 fully saturated rings. The summed E-state index contributed by atoms with van der Waals surface area (Å²) in [5.74, 6) is 0.702. The monoisotopic (exact) mass is 519 g/mol. The first-order chi connectivity index (χ1) is 18.0. The zero-order valence-corrected chi connectivity index (χ0v) is 20.8. The Hall–Kier alpha value is -3.95. The molecule has 3 N–H and O–H groups in total. The van der Waals surface area contributed by atoms with Crippen molar-refractivity contribution in [1.82, 2.24) is 20.2 Å². The molecule has 0 radical (unpaired) electrons. The average Bonchev–Trinajstić information content (AvgIpc) is 3.37. The van der Waals surface area contributed by atoms with Crippen LogP contribution >= 0.6 is 11.6 Å². The van der Waals surface area contributed by atoms with Gasteiger partial charge < -0.3 is 25.4 Å². The number of anilines is 1. The molecule has 10 heteroatoms. The van der Waals surface area contributed by atoms with Crippen LogP contribution in [0.3, 0.4) is 0 Å². The summed E-state index contributed by atoms with van der Waals surface area (Å²) < 4.78 is 11.4. The first-order valence-electron chi connectivity index (χ1n) is 12.0. The summed E-state index contributed by atoms with van der Waals surface area (Å²) in [5, 5.41) is 3.35. The van der Waals surface area contributed by atoms with Crippen LogP contribution in [0.15, 0.2) is 54.9 Å². The number of nitrogens with one attached hydrogen (secondary N) is 1. The number of benzene rings is 1. The van der Waals surface area contributed by atoms with Gasteiger partial charge in [-0.3, -0.25) is 14.6 Å². The minimum absolute atomic E-state index is 0.0443. The molecule has 0 aliphatic carbocycles. The Labute approximate surface area is 219 Å². The van der Waals surface area contributed by atoms with Crippen molar-refractivity contribution in [3.63, 3.8) is 0 Å². The first kappa shape index (κ1) is 24.7. The SMILES string of the molecule is Nc1ccc(/C=C/C(=O)NCC2Cc3c(-c4cc(C(=O)N5CCOCC5)ccn4)ccc(Cl)c3O2)cn1. The third-order valence-corrected chi connectivity index (χ3v) is 6.55. The van der Waals surface area contributed by atoms with Crippen LogP contribution in [0.2, 0.25) is 5.02 Å². The van der Waals surface area contributed by atoms with Crippen molar-refractivity contribution in [2.75, 3.05) is 38.6 Å². The van der Waals surface area contributed by atoms with Crippen molar-refractivity contribution < 1.29 is 19.1 Å². The summed E-state index contributed by atoms with van der Waals surface area (Å²) in [4.78, 5) is 35.6. The van der Waals surface area contributed by atoms with Gasteiger partial charge in [0.1, 0.15) is 17.7 Å². The molecule has 1 saturated heterocycles. The minimum Gasteiger partial charge on any atom is -0.486 e. The number of nitrogens with two attached hydrogens (primary N) is 1. The lowest BCUT2D eigenvalue weighted by Gasteiger charge is -2.27. The molecule has 2 amide bonds. The maximum absolute atomic E-state index is 13.0. The summed E-state index contributed by atoms with van der Waals surface area (Å²) in [6, 6.07) is 10.6. The summed E-state index contributed by atoms with van der Waals surface area (Å²) in [7, 11) is 0. The van der Waals surface area contributed by atoms with Gasteiger partial charge in [0.05, 0.1) is 30.5 Å². The predicted octanol–water partition coefficient (Wildman–Crippen LogP) is 2.98. The van der Waals surface area contributed by atoms with Crippen LogP contribution in [0.1, 0.15) is 21.5 Å². The van der Waals surface area contributed by atoms with E-state index in [-0.39, 0.29) is 17.9 Å². The van der Waals surface area contributed by atoms with Gasteiger partial charge in [-0.1, -0.05) is 17.7 Å². The second kappa shape index (κ2) is 11.0. The summed E-state index contributed by atoms with van der Waals surface area (Å²) in [6.07, 6.45) is 6.59. The lowest BCUT2D eigenvalue weighted by Crippen LogP contribution is -2.40. The molecule has 190 valence electrons. The number of nitrogen functional groups attached to an aromatic ring is 1. The molecular formula is C27H26ClN5O4. The van der Waals surface area contributed by atoms with Gasteiger partial charge in [0.25, 0.3) is 5.91 Å². The number of rotatable bonds is 6. The fourth-order valence-corrected chi connectivity index (χ4v) is 4.56. The highest BCUT2D eigenvalue weighted by atomic mass is 35.5. The van der Waals surface area contributed by atoms with Crippen molar-refractivity contribution in [3.05, 3.63) is 76.6 Å². The number of pyridine rings is 2. The second-order valence-electron chi connectivity index (χ2n) is 8.78. The Morgan fingerprint density at radius 3 is 2.78 bits per heavy atom. The molecular weight excluding hydrogens is 494 g/mol. The van der Waals surface area contributed by atoms with Gasteiger partial charge in [-0.05, 0) is 42.0 Å². The number of hydrogen-bond acceptors (Lipinski definition) is 7. The molecule has 5 rings (SSSR count). The molecule has 9 nitrogen and oxygen atoms in total. The van der Waals surface area contributed by atoms with Gasteiger partial charge >= 0.3 is 0 Å². The lowest BCUT2D eigenvalue weighted by molar-refractivity contribution is -0.116. The number of carbonyl (C=O) groups excluding carboxylic acids is 2. The average molecular weight is 520 g/mol. The topological polar surface area (TPSA) is 120 Å². The van der Waals surface area contributed by atoms with Crippen LogP contribution in [-0.2, 0) is 16.0 Å². The van der Waals surface area contributed by atoms with Crippen molar-refractivity contribution in [2.24, 2.45) is 0 Å². The molecule has 0 spiro atoms. The first-order valence-corrected chi connectivity index (χ1v) is 12.3. The molecule has 1 unspecified atom stereocenters. The van der Waals surface area contributed by atoms with E-state index in [9.17, 15) is 9.59 Å². The van der Waals surface area contributed by atoms with Crippen molar-refractivity contribution in [2.45, 2.75) is 12.5 Å². The lowest BCUT2D eigenvalue weighted by atomic mass is 9.99. The van der Waals surface area contributed by atoms with Crippen LogP contribution in [0, 0.1) is 0 Å². The number of hydrogen-bond donors (Lipinski definition) is 2. The number of halogens is 1. The van der Waals surface area contributed by atoms with E-state index in [1.54, 1.807) is 53.7 Å². The Balaban J connectivity index is 1.27. The van der Waals surface area contributed by atoms with Crippen LogP contribution < -0.4 is 15.8 Å². The van der Waals surface area contributed by atoms with Crippen LogP contribution in [-0.4, -0.2) is 65.6 Å². The molecule has 1 aromatic carbocycles. The van der Waals surface area contributed by atoms with E-state index in [0.29, 0.717) is 67.1 Å². The normalized spacial score (nSPS) is 16.9. The fraction of sp³-hybridized carbons (Fsp3) is 0.259. The summed E-state index contributed by atoms with van der Waals surface area (Å²) in [5.41, 5.74) is 9.34. The molecule has 2 aliphatic heterocycles. The van der Waals surface area contributed by atoms with Crippen molar-refractivity contribution in [1.29, 1.82) is 0 Å². The van der Waals surface area contributed by atoms with E-state index in [2.05, 4.69) is 15.3 Å². The number of aromatic nitrogens is 2. The summed E-state index contributed by atoms with van der Waals surface area (Å²) in [6.45, 7) is 2.52. The second-order valence-corrected chi connectivity index (χ2v) is 9.18. The quantitative estimate of drug-likeness (QED) is 0.480.